The molecule has 0 fully saturated rings. The zero-order chi connectivity index (χ0) is 14.0. The monoisotopic (exact) mass is 315 g/mol. The number of carboxylic acids is 1. The first-order chi connectivity index (χ1) is 8.99. The summed E-state index contributed by atoms with van der Waals surface area (Å²) in [6.07, 6.45) is 0. The maximum absolute atomic E-state index is 11.9. The van der Waals surface area contributed by atoms with Gasteiger partial charge in [-0.1, -0.05) is 29.3 Å². The highest BCUT2D eigenvalue weighted by Crippen LogP contribution is 2.30. The van der Waals surface area contributed by atoms with Crippen LogP contribution in [0, 0.1) is 0 Å². The van der Waals surface area contributed by atoms with Gasteiger partial charge in [-0.25, -0.2) is 4.79 Å². The minimum Gasteiger partial charge on any atom is -0.477 e. The summed E-state index contributed by atoms with van der Waals surface area (Å²) in [5.41, 5.74) is 0.307. The molecular weight excluding hydrogens is 309 g/mol. The van der Waals surface area contributed by atoms with Crippen molar-refractivity contribution in [2.75, 3.05) is 5.32 Å². The number of anilines is 1. The van der Waals surface area contributed by atoms with E-state index in [2.05, 4.69) is 5.32 Å². The van der Waals surface area contributed by atoms with Crippen molar-refractivity contribution in [3.05, 3.63) is 50.1 Å². The van der Waals surface area contributed by atoms with Crippen molar-refractivity contribution in [1.29, 1.82) is 0 Å². The number of para-hydroxylation sites is 1. The molecule has 0 bridgehead atoms. The zero-order valence-electron chi connectivity index (χ0n) is 9.31. The van der Waals surface area contributed by atoms with Crippen molar-refractivity contribution in [2.24, 2.45) is 0 Å². The van der Waals surface area contributed by atoms with Crippen LogP contribution in [-0.4, -0.2) is 17.0 Å². The van der Waals surface area contributed by atoms with Crippen LogP contribution in [0.4, 0.5) is 5.69 Å². The predicted octanol–water partition coefficient (Wildman–Crippen LogP) is 4.01. The number of amides is 1. The molecule has 0 aliphatic carbocycles. The summed E-state index contributed by atoms with van der Waals surface area (Å²) in [4.78, 5) is 23.0. The van der Waals surface area contributed by atoms with Crippen molar-refractivity contribution < 1.29 is 14.7 Å². The Balaban J connectivity index is 2.23. The van der Waals surface area contributed by atoms with Gasteiger partial charge in [-0.3, -0.25) is 4.79 Å². The Morgan fingerprint density at radius 1 is 1.05 bits per heavy atom. The first-order valence-electron chi connectivity index (χ1n) is 5.07. The van der Waals surface area contributed by atoms with E-state index in [0.717, 1.165) is 11.3 Å². The van der Waals surface area contributed by atoms with E-state index in [4.69, 9.17) is 28.3 Å². The van der Waals surface area contributed by atoms with E-state index in [1.165, 1.54) is 12.1 Å². The largest absolute Gasteiger partial charge is 0.477 e. The molecule has 1 aromatic carbocycles. The Labute approximate surface area is 122 Å². The van der Waals surface area contributed by atoms with Gasteiger partial charge in [-0.05, 0) is 24.3 Å². The molecule has 19 heavy (non-hydrogen) atoms. The summed E-state index contributed by atoms with van der Waals surface area (Å²) in [5, 5.41) is 12.0. The van der Waals surface area contributed by atoms with Gasteiger partial charge >= 0.3 is 5.97 Å². The summed E-state index contributed by atoms with van der Waals surface area (Å²) in [5.74, 6) is -1.52. The van der Waals surface area contributed by atoms with Gasteiger partial charge < -0.3 is 10.4 Å². The number of benzene rings is 1. The standard InChI is InChI=1S/C12H7Cl2NO3S/c13-6-2-1-3-7(14)10(6)15-11(16)8-4-5-9(19-8)12(17)18/h1-5H,(H,15,16)(H,17,18). The quantitative estimate of drug-likeness (QED) is 0.899. The number of hydrogen-bond acceptors (Lipinski definition) is 3. The predicted molar refractivity (Wildman–Crippen MR) is 75.7 cm³/mol. The normalized spacial score (nSPS) is 10.2. The third-order valence-electron chi connectivity index (χ3n) is 2.24. The SMILES string of the molecule is O=C(O)c1ccc(C(=O)Nc2c(Cl)cccc2Cl)s1. The highest BCUT2D eigenvalue weighted by atomic mass is 35.5. The number of rotatable bonds is 3. The molecule has 0 saturated carbocycles. The second-order valence-electron chi connectivity index (χ2n) is 3.52. The van der Waals surface area contributed by atoms with Crippen LogP contribution in [0.5, 0.6) is 0 Å². The number of carbonyl (C=O) groups is 2. The third kappa shape index (κ3) is 3.07. The van der Waals surface area contributed by atoms with Crippen molar-refractivity contribution in [2.45, 2.75) is 0 Å². The summed E-state index contributed by atoms with van der Waals surface area (Å²) < 4.78 is 0. The third-order valence-corrected chi connectivity index (χ3v) is 3.94. The van der Waals surface area contributed by atoms with Gasteiger partial charge in [0.25, 0.3) is 5.91 Å². The smallest absolute Gasteiger partial charge is 0.345 e. The highest BCUT2D eigenvalue weighted by Gasteiger charge is 2.15. The van der Waals surface area contributed by atoms with Gasteiger partial charge in [0.2, 0.25) is 0 Å². The average Bonchev–Trinajstić information content (AvgIpc) is 2.83. The highest BCUT2D eigenvalue weighted by molar-refractivity contribution is 7.16. The second-order valence-corrected chi connectivity index (χ2v) is 5.42. The van der Waals surface area contributed by atoms with Gasteiger partial charge in [0.1, 0.15) is 4.88 Å². The first-order valence-corrected chi connectivity index (χ1v) is 6.65. The van der Waals surface area contributed by atoms with E-state index in [1.807, 2.05) is 0 Å². The van der Waals surface area contributed by atoms with Crippen LogP contribution in [0.1, 0.15) is 19.3 Å². The molecule has 0 unspecified atom stereocenters. The topological polar surface area (TPSA) is 66.4 Å². The van der Waals surface area contributed by atoms with E-state index in [0.29, 0.717) is 15.7 Å². The van der Waals surface area contributed by atoms with Gasteiger partial charge in [0, 0.05) is 0 Å². The van der Waals surface area contributed by atoms with Crippen LogP contribution in [0.25, 0.3) is 0 Å². The minimum atomic E-state index is -1.07. The van der Waals surface area contributed by atoms with Crippen LogP contribution >= 0.6 is 34.5 Å². The molecule has 7 heteroatoms. The van der Waals surface area contributed by atoms with Crippen LogP contribution in [-0.2, 0) is 0 Å². The molecule has 0 aliphatic rings. The maximum Gasteiger partial charge on any atom is 0.345 e. The molecule has 0 spiro atoms. The molecular formula is C12H7Cl2NO3S. The maximum atomic E-state index is 11.9. The number of nitrogens with one attached hydrogen (secondary N) is 1. The van der Waals surface area contributed by atoms with Gasteiger partial charge in [0.15, 0.2) is 0 Å². The molecule has 0 saturated heterocycles. The van der Waals surface area contributed by atoms with Gasteiger partial charge in [0.05, 0.1) is 20.6 Å². The molecule has 1 heterocycles. The lowest BCUT2D eigenvalue weighted by Crippen LogP contribution is -2.10. The number of carboxylic acid groups (broad SMARTS) is 1. The van der Waals surface area contributed by atoms with E-state index in [-0.39, 0.29) is 9.75 Å². The van der Waals surface area contributed by atoms with Crippen molar-refractivity contribution in [3.63, 3.8) is 0 Å². The number of halogens is 2. The Kier molecular flexibility index (Phi) is 4.09. The molecule has 2 N–H and O–H groups in total. The molecule has 1 amide bonds. The molecule has 0 radical (unpaired) electrons. The Morgan fingerprint density at radius 3 is 2.16 bits per heavy atom. The van der Waals surface area contributed by atoms with E-state index < -0.39 is 11.9 Å². The number of thiophene rings is 1. The lowest BCUT2D eigenvalue weighted by Gasteiger charge is -2.07. The number of carbonyl (C=O) groups excluding carboxylic acids is 1. The van der Waals surface area contributed by atoms with Crippen LogP contribution < -0.4 is 5.32 Å². The summed E-state index contributed by atoms with van der Waals surface area (Å²) in [6, 6.07) is 7.67. The van der Waals surface area contributed by atoms with E-state index in [9.17, 15) is 9.59 Å². The van der Waals surface area contributed by atoms with Crippen LogP contribution in [0.15, 0.2) is 30.3 Å². The summed E-state index contributed by atoms with van der Waals surface area (Å²) >= 11 is 12.7. The number of hydrogen-bond donors (Lipinski definition) is 2. The molecule has 4 nitrogen and oxygen atoms in total. The Hall–Kier alpha value is -1.56. The van der Waals surface area contributed by atoms with Crippen LogP contribution in [0.2, 0.25) is 10.0 Å². The van der Waals surface area contributed by atoms with Crippen LogP contribution in [0.3, 0.4) is 0 Å². The molecule has 0 aliphatic heterocycles. The van der Waals surface area contributed by atoms with E-state index >= 15 is 0 Å². The van der Waals surface area contributed by atoms with Crippen molar-refractivity contribution in [3.8, 4) is 0 Å². The fourth-order valence-electron chi connectivity index (χ4n) is 1.37. The first kappa shape index (κ1) is 13.9. The van der Waals surface area contributed by atoms with Gasteiger partial charge in [-0.2, -0.15) is 0 Å². The fraction of sp³-hybridized carbons (Fsp3) is 0. The minimum absolute atomic E-state index is 0.0930. The lowest BCUT2D eigenvalue weighted by molar-refractivity contribution is 0.0702. The Bertz CT molecular complexity index is 634. The van der Waals surface area contributed by atoms with Crippen molar-refractivity contribution in [1.82, 2.24) is 0 Å². The Morgan fingerprint density at radius 2 is 1.63 bits per heavy atom. The second kappa shape index (κ2) is 5.61. The summed E-state index contributed by atoms with van der Waals surface area (Å²) in [6.45, 7) is 0. The van der Waals surface area contributed by atoms with Gasteiger partial charge in [-0.15, -0.1) is 11.3 Å². The molecule has 98 valence electrons. The molecule has 2 aromatic rings. The summed E-state index contributed by atoms with van der Waals surface area (Å²) in [7, 11) is 0. The fourth-order valence-corrected chi connectivity index (χ4v) is 2.60. The lowest BCUT2D eigenvalue weighted by atomic mass is 10.3. The average molecular weight is 316 g/mol. The molecule has 1 aromatic heterocycles. The molecule has 2 rings (SSSR count). The zero-order valence-corrected chi connectivity index (χ0v) is 11.6. The molecule has 0 atom stereocenters. The van der Waals surface area contributed by atoms with E-state index in [1.54, 1.807) is 18.2 Å². The number of aromatic carboxylic acids is 1. The van der Waals surface area contributed by atoms with Crippen molar-refractivity contribution >= 4 is 52.1 Å².